The molecule has 0 aliphatic rings. The first-order chi connectivity index (χ1) is 11.1. The molecule has 0 saturated carbocycles. The number of rotatable bonds is 1. The van der Waals surface area contributed by atoms with Crippen molar-refractivity contribution in [2.45, 2.75) is 52.5 Å². The predicted molar refractivity (Wildman–Crippen MR) is 105 cm³/mol. The molecule has 124 valence electrons. The molecule has 0 N–H and O–H groups in total. The van der Waals surface area contributed by atoms with Crippen LogP contribution in [0.4, 0.5) is 0 Å². The highest BCUT2D eigenvalue weighted by Gasteiger charge is 2.13. The van der Waals surface area contributed by atoms with Crippen molar-refractivity contribution in [2.75, 3.05) is 0 Å². The van der Waals surface area contributed by atoms with Gasteiger partial charge < -0.3 is 0 Å². The molecular formula is C23H27N. The molecular weight excluding hydrogens is 290 g/mol. The maximum atomic E-state index is 4.79. The number of hydrogen-bond donors (Lipinski definition) is 0. The molecule has 1 nitrogen and oxygen atoms in total. The lowest BCUT2D eigenvalue weighted by molar-refractivity contribution is 0.585. The van der Waals surface area contributed by atoms with Crippen molar-refractivity contribution in [3.8, 4) is 11.8 Å². The third kappa shape index (κ3) is 5.39. The van der Waals surface area contributed by atoms with Gasteiger partial charge in [-0.2, -0.15) is 0 Å². The molecule has 2 aromatic rings. The summed E-state index contributed by atoms with van der Waals surface area (Å²) >= 11 is 0. The third-order valence-electron chi connectivity index (χ3n) is 3.57. The zero-order chi connectivity index (χ0) is 17.8. The summed E-state index contributed by atoms with van der Waals surface area (Å²) < 4.78 is 0. The molecule has 0 unspecified atom stereocenters. The van der Waals surface area contributed by atoms with Gasteiger partial charge in [-0.15, -0.1) is 0 Å². The Morgan fingerprint density at radius 1 is 0.792 bits per heavy atom. The summed E-state index contributed by atoms with van der Waals surface area (Å²) in [5.41, 5.74) is 4.24. The summed E-state index contributed by atoms with van der Waals surface area (Å²) in [6.45, 7) is 12.9. The number of aliphatic imine (C=N–C) groups is 1. The minimum absolute atomic E-state index is 0.157. The Hall–Kier alpha value is -2.33. The van der Waals surface area contributed by atoms with E-state index in [0.717, 1.165) is 16.8 Å². The van der Waals surface area contributed by atoms with Crippen molar-refractivity contribution in [2.24, 2.45) is 4.99 Å². The van der Waals surface area contributed by atoms with Crippen LogP contribution in [-0.4, -0.2) is 11.3 Å². The van der Waals surface area contributed by atoms with Crippen LogP contribution in [0, 0.1) is 11.8 Å². The highest BCUT2D eigenvalue weighted by atomic mass is 14.8. The summed E-state index contributed by atoms with van der Waals surface area (Å²) in [5, 5.41) is 0. The average molecular weight is 317 g/mol. The van der Waals surface area contributed by atoms with Crippen molar-refractivity contribution in [3.05, 3.63) is 71.3 Å². The van der Waals surface area contributed by atoms with Crippen LogP contribution in [0.2, 0.25) is 0 Å². The second kappa shape index (κ2) is 7.05. The van der Waals surface area contributed by atoms with E-state index in [2.05, 4.69) is 89.8 Å². The lowest BCUT2D eigenvalue weighted by atomic mass is 9.87. The minimum Gasteiger partial charge on any atom is -0.270 e. The van der Waals surface area contributed by atoms with Gasteiger partial charge in [0.25, 0.3) is 0 Å². The van der Waals surface area contributed by atoms with Gasteiger partial charge in [-0.05, 0) is 49.8 Å². The van der Waals surface area contributed by atoms with Crippen LogP contribution in [0.15, 0.2) is 59.6 Å². The summed E-state index contributed by atoms with van der Waals surface area (Å²) in [6.07, 6.45) is 0. The van der Waals surface area contributed by atoms with Crippen molar-refractivity contribution in [1.82, 2.24) is 0 Å². The van der Waals surface area contributed by atoms with E-state index in [1.807, 2.05) is 18.2 Å². The molecule has 0 aromatic heterocycles. The quantitative estimate of drug-likeness (QED) is 0.478. The molecule has 0 atom stereocenters. The normalized spacial score (nSPS) is 12.5. The molecule has 24 heavy (non-hydrogen) atoms. The van der Waals surface area contributed by atoms with Crippen LogP contribution in [0.25, 0.3) is 0 Å². The van der Waals surface area contributed by atoms with Gasteiger partial charge in [0.1, 0.15) is 5.71 Å². The fraction of sp³-hybridized carbons (Fsp3) is 0.348. The Morgan fingerprint density at radius 3 is 1.88 bits per heavy atom. The van der Waals surface area contributed by atoms with E-state index in [-0.39, 0.29) is 11.0 Å². The van der Waals surface area contributed by atoms with Crippen molar-refractivity contribution in [1.29, 1.82) is 0 Å². The Kier molecular flexibility index (Phi) is 5.30. The van der Waals surface area contributed by atoms with Crippen molar-refractivity contribution < 1.29 is 0 Å². The van der Waals surface area contributed by atoms with Gasteiger partial charge in [0.15, 0.2) is 0 Å². The Labute approximate surface area is 146 Å². The fourth-order valence-corrected chi connectivity index (χ4v) is 2.28. The van der Waals surface area contributed by atoms with Crippen molar-refractivity contribution in [3.63, 3.8) is 0 Å². The van der Waals surface area contributed by atoms with Crippen LogP contribution in [0.5, 0.6) is 0 Å². The molecule has 0 spiro atoms. The zero-order valence-electron chi connectivity index (χ0n) is 15.6. The number of benzene rings is 2. The molecule has 1 heteroatoms. The van der Waals surface area contributed by atoms with E-state index >= 15 is 0 Å². The topological polar surface area (TPSA) is 12.4 Å². The second-order valence-corrected chi connectivity index (χ2v) is 8.07. The standard InChI is InChI=1S/C23H27N/c1-22(2,3)20-15-12-18(13-16-20)14-17-21(24-23(4,5)6)19-10-8-7-9-11-19/h7-13,15-16H,1-6H3. The first-order valence-corrected chi connectivity index (χ1v) is 8.43. The van der Waals surface area contributed by atoms with Gasteiger partial charge >= 0.3 is 0 Å². The monoisotopic (exact) mass is 317 g/mol. The smallest absolute Gasteiger partial charge is 0.115 e. The number of nitrogens with zero attached hydrogens (tertiary/aromatic N) is 1. The predicted octanol–water partition coefficient (Wildman–Crippen LogP) is 5.62. The lowest BCUT2D eigenvalue weighted by Crippen LogP contribution is -2.14. The van der Waals surface area contributed by atoms with Gasteiger partial charge in [-0.1, -0.05) is 69.2 Å². The molecule has 0 aliphatic carbocycles. The second-order valence-electron chi connectivity index (χ2n) is 8.07. The molecule has 0 saturated heterocycles. The SMILES string of the molecule is CC(C)(C)N=C(C#Cc1ccc(C(C)(C)C)cc1)c1ccccc1. The van der Waals surface area contributed by atoms with Crippen LogP contribution >= 0.6 is 0 Å². The van der Waals surface area contributed by atoms with Gasteiger partial charge in [0.05, 0.1) is 5.54 Å². The fourth-order valence-electron chi connectivity index (χ4n) is 2.28. The van der Waals surface area contributed by atoms with Gasteiger partial charge in [-0.25, -0.2) is 0 Å². The largest absolute Gasteiger partial charge is 0.270 e. The summed E-state index contributed by atoms with van der Waals surface area (Å²) in [7, 11) is 0. The van der Waals surface area contributed by atoms with E-state index in [0.29, 0.717) is 0 Å². The van der Waals surface area contributed by atoms with Gasteiger partial charge in [-0.3, -0.25) is 4.99 Å². The molecule has 2 rings (SSSR count). The Bertz CT molecular complexity index is 755. The minimum atomic E-state index is -0.157. The number of hydrogen-bond acceptors (Lipinski definition) is 1. The third-order valence-corrected chi connectivity index (χ3v) is 3.57. The van der Waals surface area contributed by atoms with E-state index in [1.54, 1.807) is 0 Å². The first kappa shape index (κ1) is 18.0. The highest BCUT2D eigenvalue weighted by Crippen LogP contribution is 2.22. The van der Waals surface area contributed by atoms with Crippen LogP contribution in [0.1, 0.15) is 58.2 Å². The van der Waals surface area contributed by atoms with Crippen LogP contribution in [-0.2, 0) is 5.41 Å². The summed E-state index contributed by atoms with van der Waals surface area (Å²) in [4.78, 5) is 4.79. The van der Waals surface area contributed by atoms with Gasteiger partial charge in [0, 0.05) is 11.1 Å². The first-order valence-electron chi connectivity index (χ1n) is 8.43. The molecule has 0 heterocycles. The van der Waals surface area contributed by atoms with Crippen LogP contribution in [0.3, 0.4) is 0 Å². The molecule has 0 fully saturated rings. The van der Waals surface area contributed by atoms with Crippen LogP contribution < -0.4 is 0 Å². The van der Waals surface area contributed by atoms with Crippen molar-refractivity contribution >= 4 is 5.71 Å². The Morgan fingerprint density at radius 2 is 1.38 bits per heavy atom. The molecule has 0 aliphatic heterocycles. The summed E-state index contributed by atoms with van der Waals surface area (Å²) in [6, 6.07) is 18.7. The maximum absolute atomic E-state index is 4.79. The zero-order valence-corrected chi connectivity index (χ0v) is 15.6. The van der Waals surface area contributed by atoms with E-state index < -0.39 is 0 Å². The lowest BCUT2D eigenvalue weighted by Gasteiger charge is -2.18. The van der Waals surface area contributed by atoms with E-state index in [9.17, 15) is 0 Å². The highest BCUT2D eigenvalue weighted by molar-refractivity contribution is 6.13. The molecule has 0 bridgehead atoms. The van der Waals surface area contributed by atoms with Gasteiger partial charge in [0.2, 0.25) is 0 Å². The Balaban J connectivity index is 2.35. The molecule has 2 aromatic carbocycles. The average Bonchev–Trinajstić information content (AvgIpc) is 2.51. The van der Waals surface area contributed by atoms with E-state index in [1.165, 1.54) is 5.56 Å². The van der Waals surface area contributed by atoms with E-state index in [4.69, 9.17) is 4.99 Å². The molecule has 0 amide bonds. The summed E-state index contributed by atoms with van der Waals surface area (Å²) in [5.74, 6) is 6.53. The maximum Gasteiger partial charge on any atom is 0.115 e. The molecule has 0 radical (unpaired) electrons.